The molecule has 10 heteroatoms. The second-order valence-electron chi connectivity index (χ2n) is 6.34. The number of hydrogen-bond donors (Lipinski definition) is 2. The van der Waals surface area contributed by atoms with E-state index in [1.54, 1.807) is 6.92 Å². The minimum Gasteiger partial charge on any atom is -0.354 e. The molecule has 2 N–H and O–H groups in total. The number of terminal acetylenes is 1. The second-order valence-corrected chi connectivity index (χ2v) is 6.34. The van der Waals surface area contributed by atoms with E-state index in [4.69, 9.17) is 6.42 Å². The van der Waals surface area contributed by atoms with Gasteiger partial charge in [0.15, 0.2) is 5.66 Å². The summed E-state index contributed by atoms with van der Waals surface area (Å²) in [4.78, 5) is 26.3. The summed E-state index contributed by atoms with van der Waals surface area (Å²) < 4.78 is 27.6. The van der Waals surface area contributed by atoms with Gasteiger partial charge in [-0.25, -0.2) is 13.5 Å². The van der Waals surface area contributed by atoms with Crippen molar-refractivity contribution in [1.82, 2.24) is 20.1 Å². The van der Waals surface area contributed by atoms with Crippen LogP contribution in [0.2, 0.25) is 0 Å². The van der Waals surface area contributed by atoms with Crippen molar-refractivity contribution in [3.05, 3.63) is 27.7 Å². The van der Waals surface area contributed by atoms with Gasteiger partial charge in [-0.1, -0.05) is 0 Å². The van der Waals surface area contributed by atoms with Gasteiger partial charge in [0.05, 0.1) is 5.69 Å². The van der Waals surface area contributed by atoms with Crippen molar-refractivity contribution in [3.8, 4) is 12.3 Å². The Bertz CT molecular complexity index is 995. The third-order valence-corrected chi connectivity index (χ3v) is 4.37. The summed E-state index contributed by atoms with van der Waals surface area (Å²) in [5, 5.41) is 15.0. The zero-order chi connectivity index (χ0) is 19.6. The van der Waals surface area contributed by atoms with Gasteiger partial charge in [-0.3, -0.25) is 9.59 Å². The van der Waals surface area contributed by atoms with Crippen molar-refractivity contribution < 1.29 is 13.6 Å². The number of amides is 1. The molecule has 3 heterocycles. The van der Waals surface area contributed by atoms with E-state index in [0.717, 1.165) is 6.07 Å². The van der Waals surface area contributed by atoms with Crippen LogP contribution in [0.5, 0.6) is 0 Å². The molecule has 0 saturated heterocycles. The summed E-state index contributed by atoms with van der Waals surface area (Å²) in [7, 11) is 0. The molecule has 0 unspecified atom stereocenters. The highest BCUT2D eigenvalue weighted by molar-refractivity contribution is 5.84. The van der Waals surface area contributed by atoms with E-state index in [1.807, 2.05) is 0 Å². The van der Waals surface area contributed by atoms with Crippen molar-refractivity contribution in [1.29, 1.82) is 0 Å². The Kier molecular flexibility index (Phi) is 5.03. The fourth-order valence-corrected chi connectivity index (χ4v) is 2.97. The molecule has 27 heavy (non-hydrogen) atoms. The summed E-state index contributed by atoms with van der Waals surface area (Å²) >= 11 is 0. The molecule has 0 bridgehead atoms. The summed E-state index contributed by atoms with van der Waals surface area (Å²) in [5.74, 6) is 2.17. The van der Waals surface area contributed by atoms with Crippen molar-refractivity contribution in [2.45, 2.75) is 44.8 Å². The smallest absolute Gasteiger partial charge is 0.264 e. The molecule has 0 aromatic carbocycles. The number of carbonyl (C=O) groups is 1. The van der Waals surface area contributed by atoms with E-state index in [9.17, 15) is 18.4 Å². The highest BCUT2D eigenvalue weighted by Gasteiger charge is 2.38. The van der Waals surface area contributed by atoms with Gasteiger partial charge in [0, 0.05) is 42.8 Å². The summed E-state index contributed by atoms with van der Waals surface area (Å²) in [6, 6.07) is 0.852. The highest BCUT2D eigenvalue weighted by atomic mass is 19.3. The van der Waals surface area contributed by atoms with Crippen LogP contribution < -0.4 is 10.9 Å². The van der Waals surface area contributed by atoms with Gasteiger partial charge in [0.25, 0.3) is 6.43 Å². The maximum atomic E-state index is 13.2. The van der Waals surface area contributed by atoms with Crippen LogP contribution in [0, 0.1) is 19.3 Å². The van der Waals surface area contributed by atoms with Crippen molar-refractivity contribution in [2.75, 3.05) is 6.54 Å². The molecule has 0 fully saturated rings. The van der Waals surface area contributed by atoms with Crippen molar-refractivity contribution in [3.63, 3.8) is 0 Å². The van der Waals surface area contributed by atoms with Crippen molar-refractivity contribution in [2.24, 2.45) is 10.2 Å². The maximum Gasteiger partial charge on any atom is 0.264 e. The minimum absolute atomic E-state index is 0.100. The number of pyridine rings is 1. The molecular formula is C17H18F2N6O2. The molecule has 2 aromatic heterocycles. The first-order valence-electron chi connectivity index (χ1n) is 8.38. The molecule has 1 aliphatic rings. The minimum atomic E-state index is -2.81. The third kappa shape index (κ3) is 4.02. The first-order valence-corrected chi connectivity index (χ1v) is 8.38. The second kappa shape index (κ2) is 7.26. The predicted molar refractivity (Wildman–Crippen MR) is 93.3 cm³/mol. The van der Waals surface area contributed by atoms with E-state index in [2.05, 4.69) is 31.5 Å². The highest BCUT2D eigenvalue weighted by Crippen LogP contribution is 2.36. The standard InChI is InChI=1S/C17H18F2N6O2/c1-3-4-5-17(23-24-17)6-7-20-13(27)9-25-16-14(10(2)22-25)11(15(18)19)8-12(26)21-16/h1,8,15H,4-7,9H2,2H3,(H,20,27)(H,21,26). The Balaban J connectivity index is 1.67. The van der Waals surface area contributed by atoms with Gasteiger partial charge in [-0.15, -0.1) is 12.3 Å². The lowest BCUT2D eigenvalue weighted by atomic mass is 10.0. The number of H-pyrrole nitrogens is 1. The quantitative estimate of drug-likeness (QED) is 0.689. The maximum absolute atomic E-state index is 13.2. The van der Waals surface area contributed by atoms with Crippen LogP contribution in [0.3, 0.4) is 0 Å². The first-order chi connectivity index (χ1) is 12.8. The molecule has 1 aliphatic heterocycles. The number of halogens is 2. The van der Waals surface area contributed by atoms with Crippen LogP contribution in [0.1, 0.15) is 36.9 Å². The Morgan fingerprint density at radius 1 is 1.44 bits per heavy atom. The van der Waals surface area contributed by atoms with Gasteiger partial charge in [0.1, 0.15) is 12.2 Å². The Morgan fingerprint density at radius 2 is 2.19 bits per heavy atom. The molecule has 0 saturated carbocycles. The van der Waals surface area contributed by atoms with Crippen LogP contribution in [-0.2, 0) is 11.3 Å². The zero-order valence-electron chi connectivity index (χ0n) is 14.6. The molecule has 0 atom stereocenters. The number of aryl methyl sites for hydroxylation is 1. The lowest BCUT2D eigenvalue weighted by molar-refractivity contribution is -0.121. The monoisotopic (exact) mass is 376 g/mol. The molecule has 0 spiro atoms. The van der Waals surface area contributed by atoms with E-state index < -0.39 is 23.2 Å². The average molecular weight is 376 g/mol. The number of nitrogens with one attached hydrogen (secondary N) is 2. The van der Waals surface area contributed by atoms with E-state index in [0.29, 0.717) is 31.5 Å². The van der Waals surface area contributed by atoms with Crippen LogP contribution in [-0.4, -0.2) is 32.9 Å². The van der Waals surface area contributed by atoms with Gasteiger partial charge in [-0.05, 0) is 6.92 Å². The van der Waals surface area contributed by atoms with Crippen molar-refractivity contribution >= 4 is 16.9 Å². The number of fused-ring (bicyclic) bond motifs is 1. The lowest BCUT2D eigenvalue weighted by Gasteiger charge is -2.10. The molecule has 0 aliphatic carbocycles. The largest absolute Gasteiger partial charge is 0.354 e. The average Bonchev–Trinajstić information content (AvgIpc) is 3.31. The number of hydrogen-bond acceptors (Lipinski definition) is 5. The number of aromatic amines is 1. The number of nitrogens with zero attached hydrogens (tertiary/aromatic N) is 4. The van der Waals surface area contributed by atoms with E-state index in [1.165, 1.54) is 4.68 Å². The van der Waals surface area contributed by atoms with Gasteiger partial charge in [-0.2, -0.15) is 15.3 Å². The van der Waals surface area contributed by atoms with Gasteiger partial charge >= 0.3 is 0 Å². The van der Waals surface area contributed by atoms with Gasteiger partial charge in [0.2, 0.25) is 11.5 Å². The van der Waals surface area contributed by atoms with Crippen LogP contribution >= 0.6 is 0 Å². The molecular weight excluding hydrogens is 358 g/mol. The van der Waals surface area contributed by atoms with Crippen LogP contribution in [0.4, 0.5) is 8.78 Å². The SMILES string of the molecule is C#CCCC1(CCNC(=O)Cn2nc(C)c3c(C(F)F)cc(=O)[nH]c32)N=N1. The molecule has 0 radical (unpaired) electrons. The Hall–Kier alpha value is -3.09. The Morgan fingerprint density at radius 3 is 2.81 bits per heavy atom. The number of rotatable bonds is 8. The summed E-state index contributed by atoms with van der Waals surface area (Å²) in [5.41, 5.74) is -1.15. The van der Waals surface area contributed by atoms with Crippen LogP contribution in [0.25, 0.3) is 11.0 Å². The summed E-state index contributed by atoms with van der Waals surface area (Å²) in [6.45, 7) is 1.68. The third-order valence-electron chi connectivity index (χ3n) is 4.37. The first kappa shape index (κ1) is 18.7. The number of alkyl halides is 2. The summed E-state index contributed by atoms with van der Waals surface area (Å²) in [6.07, 6.45) is 4.14. The van der Waals surface area contributed by atoms with Gasteiger partial charge < -0.3 is 10.3 Å². The normalized spacial score (nSPS) is 14.5. The van der Waals surface area contributed by atoms with E-state index in [-0.39, 0.29) is 23.5 Å². The predicted octanol–water partition coefficient (Wildman–Crippen LogP) is 2.05. The topological polar surface area (TPSA) is 104 Å². The fraction of sp³-hybridized carbons (Fsp3) is 0.471. The molecule has 142 valence electrons. The van der Waals surface area contributed by atoms with Crippen LogP contribution in [0.15, 0.2) is 21.1 Å². The molecule has 1 amide bonds. The molecule has 3 rings (SSSR count). The zero-order valence-corrected chi connectivity index (χ0v) is 14.6. The molecule has 8 nitrogen and oxygen atoms in total. The van der Waals surface area contributed by atoms with E-state index >= 15 is 0 Å². The molecule has 2 aromatic rings. The Labute approximate surface area is 153 Å². The lowest BCUT2D eigenvalue weighted by Crippen LogP contribution is -2.31. The number of aromatic nitrogens is 3. The fourth-order valence-electron chi connectivity index (χ4n) is 2.97. The number of carbonyl (C=O) groups excluding carboxylic acids is 1.